The zero-order valence-corrected chi connectivity index (χ0v) is 16.4. The van der Waals surface area contributed by atoms with Crippen LogP contribution in [0.3, 0.4) is 0 Å². The Balaban J connectivity index is 1.47. The second-order valence-electron chi connectivity index (χ2n) is 7.22. The molecule has 1 saturated carbocycles. The van der Waals surface area contributed by atoms with Crippen molar-refractivity contribution in [2.75, 3.05) is 11.9 Å². The lowest BCUT2D eigenvalue weighted by molar-refractivity contribution is 0.337. The molecule has 1 heterocycles. The number of sulfonamides is 1. The Morgan fingerprint density at radius 2 is 2.00 bits per heavy atom. The Morgan fingerprint density at radius 3 is 2.68 bits per heavy atom. The van der Waals surface area contributed by atoms with E-state index in [0.717, 1.165) is 47.8 Å². The number of hydrogen-bond acceptors (Lipinski definition) is 5. The van der Waals surface area contributed by atoms with Crippen LogP contribution in [0.15, 0.2) is 5.83 Å². The number of allylic oxidation sites excluding steroid dienone is 1. The number of fused-ring (bicyclic) bond motifs is 1. The van der Waals surface area contributed by atoms with Crippen LogP contribution in [0.2, 0.25) is 0 Å². The van der Waals surface area contributed by atoms with Crippen LogP contribution in [0.4, 0.5) is 9.52 Å². The minimum atomic E-state index is -3.18. The first-order valence-corrected chi connectivity index (χ1v) is 11.3. The van der Waals surface area contributed by atoms with E-state index in [1.54, 1.807) is 25.2 Å². The van der Waals surface area contributed by atoms with E-state index in [2.05, 4.69) is 15.0 Å². The molecule has 0 radical (unpaired) electrons. The second-order valence-corrected chi connectivity index (χ2v) is 10.6. The van der Waals surface area contributed by atoms with Gasteiger partial charge in [-0.2, -0.15) is 0 Å². The van der Waals surface area contributed by atoms with E-state index in [1.807, 2.05) is 0 Å². The van der Waals surface area contributed by atoms with Crippen molar-refractivity contribution in [3.05, 3.63) is 16.4 Å². The summed E-state index contributed by atoms with van der Waals surface area (Å²) in [6.45, 7) is 3.92. The fraction of sp³-hybridized carbons (Fsp3) is 0.706. The van der Waals surface area contributed by atoms with Crippen molar-refractivity contribution in [3.63, 3.8) is 0 Å². The SMILES string of the molecule is CC(C)S(=O)(=O)NCC1CCC(Nc2nc3c(s2)CCC(F)=C3)CC1. The lowest BCUT2D eigenvalue weighted by Crippen LogP contribution is -2.37. The van der Waals surface area contributed by atoms with Crippen LogP contribution in [-0.2, 0) is 16.4 Å². The normalized spacial score (nSPS) is 24.1. The Morgan fingerprint density at radius 1 is 1.28 bits per heavy atom. The van der Waals surface area contributed by atoms with E-state index in [9.17, 15) is 12.8 Å². The molecule has 2 aliphatic carbocycles. The van der Waals surface area contributed by atoms with E-state index in [4.69, 9.17) is 0 Å². The van der Waals surface area contributed by atoms with E-state index in [1.165, 1.54) is 6.08 Å². The molecule has 0 unspecified atom stereocenters. The van der Waals surface area contributed by atoms with Gasteiger partial charge in [-0.1, -0.05) is 0 Å². The van der Waals surface area contributed by atoms with Crippen molar-refractivity contribution in [1.82, 2.24) is 9.71 Å². The number of anilines is 1. The van der Waals surface area contributed by atoms with Crippen molar-refractivity contribution >= 4 is 32.6 Å². The highest BCUT2D eigenvalue weighted by Gasteiger charge is 2.25. The smallest absolute Gasteiger partial charge is 0.213 e. The minimum absolute atomic E-state index is 0.0892. The molecule has 140 valence electrons. The third-order valence-electron chi connectivity index (χ3n) is 4.98. The van der Waals surface area contributed by atoms with Crippen LogP contribution in [-0.4, -0.2) is 31.2 Å². The maximum Gasteiger partial charge on any atom is 0.213 e. The molecule has 0 aliphatic heterocycles. The van der Waals surface area contributed by atoms with Crippen molar-refractivity contribution < 1.29 is 12.8 Å². The number of hydrogen-bond donors (Lipinski definition) is 2. The Hall–Kier alpha value is -0.990. The average Bonchev–Trinajstić information content (AvgIpc) is 2.95. The summed E-state index contributed by atoms with van der Waals surface area (Å²) in [6.07, 6.45) is 6.75. The summed E-state index contributed by atoms with van der Waals surface area (Å²) in [6, 6.07) is 0.361. The summed E-state index contributed by atoms with van der Waals surface area (Å²) < 4.78 is 39.7. The number of thiazole rings is 1. The molecule has 0 bridgehead atoms. The lowest BCUT2D eigenvalue weighted by atomic mass is 9.86. The Labute approximate surface area is 153 Å². The molecule has 8 heteroatoms. The highest BCUT2D eigenvalue weighted by atomic mass is 32.2. The van der Waals surface area contributed by atoms with Gasteiger partial charge in [0.25, 0.3) is 0 Å². The van der Waals surface area contributed by atoms with Gasteiger partial charge < -0.3 is 5.32 Å². The molecule has 0 spiro atoms. The van der Waals surface area contributed by atoms with Crippen LogP contribution >= 0.6 is 11.3 Å². The minimum Gasteiger partial charge on any atom is -0.359 e. The number of rotatable bonds is 6. The largest absolute Gasteiger partial charge is 0.359 e. The zero-order chi connectivity index (χ0) is 18.0. The summed E-state index contributed by atoms with van der Waals surface area (Å²) in [5.41, 5.74) is 0.771. The van der Waals surface area contributed by atoms with Gasteiger partial charge in [0.05, 0.1) is 10.9 Å². The summed E-state index contributed by atoms with van der Waals surface area (Å²) in [5, 5.41) is 3.97. The number of aryl methyl sites for hydroxylation is 1. The molecule has 2 aliphatic rings. The summed E-state index contributed by atoms with van der Waals surface area (Å²) in [4.78, 5) is 5.66. The molecular weight excluding hydrogens is 361 g/mol. The third kappa shape index (κ3) is 4.80. The number of nitrogens with zero attached hydrogens (tertiary/aromatic N) is 1. The zero-order valence-electron chi connectivity index (χ0n) is 14.7. The number of aromatic nitrogens is 1. The van der Waals surface area contributed by atoms with Crippen molar-refractivity contribution in [2.24, 2.45) is 5.92 Å². The van der Waals surface area contributed by atoms with Gasteiger partial charge in [-0.3, -0.25) is 0 Å². The topological polar surface area (TPSA) is 71.1 Å². The average molecular weight is 388 g/mol. The van der Waals surface area contributed by atoms with Crippen molar-refractivity contribution in [3.8, 4) is 0 Å². The van der Waals surface area contributed by atoms with E-state index in [-0.39, 0.29) is 11.1 Å². The summed E-state index contributed by atoms with van der Waals surface area (Å²) in [7, 11) is -3.18. The molecular formula is C17H26FN3O2S2. The van der Waals surface area contributed by atoms with Gasteiger partial charge in [-0.15, -0.1) is 11.3 Å². The molecule has 0 aromatic carbocycles. The van der Waals surface area contributed by atoms with Crippen LogP contribution < -0.4 is 10.0 Å². The summed E-state index contributed by atoms with van der Waals surface area (Å²) >= 11 is 1.62. The highest BCUT2D eigenvalue weighted by Crippen LogP contribution is 2.33. The van der Waals surface area contributed by atoms with Gasteiger partial charge in [0.2, 0.25) is 10.0 Å². The van der Waals surface area contributed by atoms with Crippen LogP contribution in [0.5, 0.6) is 0 Å². The maximum atomic E-state index is 13.3. The van der Waals surface area contributed by atoms with Gasteiger partial charge in [-0.05, 0) is 57.9 Å². The van der Waals surface area contributed by atoms with Crippen LogP contribution in [0.1, 0.15) is 56.5 Å². The van der Waals surface area contributed by atoms with Crippen LogP contribution in [0.25, 0.3) is 6.08 Å². The Bertz CT molecular complexity index is 735. The van der Waals surface area contributed by atoms with Gasteiger partial charge >= 0.3 is 0 Å². The molecule has 3 rings (SSSR count). The van der Waals surface area contributed by atoms with Gasteiger partial charge in [0.15, 0.2) is 5.13 Å². The van der Waals surface area contributed by atoms with Gasteiger partial charge in [0, 0.05) is 23.9 Å². The molecule has 2 N–H and O–H groups in total. The standard InChI is InChI=1S/C17H26FN3O2S2/c1-11(2)25(22,23)19-10-12-3-6-14(7-4-12)20-17-21-15-9-13(18)5-8-16(15)24-17/h9,11-12,14,19H,3-8,10H2,1-2H3,(H,20,21). The Kier molecular flexibility index (Phi) is 5.80. The monoisotopic (exact) mass is 387 g/mol. The number of halogens is 1. The molecule has 1 fully saturated rings. The quantitative estimate of drug-likeness (QED) is 0.781. The first-order chi connectivity index (χ1) is 11.8. The third-order valence-corrected chi connectivity index (χ3v) is 7.85. The number of nitrogens with one attached hydrogen (secondary N) is 2. The lowest BCUT2D eigenvalue weighted by Gasteiger charge is -2.29. The van der Waals surface area contributed by atoms with Gasteiger partial charge in [-0.25, -0.2) is 22.5 Å². The molecule has 1 aromatic heterocycles. The molecule has 0 amide bonds. The predicted octanol–water partition coefficient (Wildman–Crippen LogP) is 3.70. The van der Waals surface area contributed by atoms with Gasteiger partial charge in [0.1, 0.15) is 5.83 Å². The van der Waals surface area contributed by atoms with Crippen LogP contribution in [0, 0.1) is 5.92 Å². The fourth-order valence-corrected chi connectivity index (χ4v) is 5.07. The predicted molar refractivity (Wildman–Crippen MR) is 101 cm³/mol. The van der Waals surface area contributed by atoms with E-state index >= 15 is 0 Å². The molecule has 5 nitrogen and oxygen atoms in total. The maximum absolute atomic E-state index is 13.3. The van der Waals surface area contributed by atoms with Crippen molar-refractivity contribution in [2.45, 2.75) is 63.7 Å². The highest BCUT2D eigenvalue weighted by molar-refractivity contribution is 7.90. The fourth-order valence-electron chi connectivity index (χ4n) is 3.26. The van der Waals surface area contributed by atoms with E-state index < -0.39 is 10.0 Å². The first kappa shape index (κ1) is 18.8. The molecule has 1 aromatic rings. The van der Waals surface area contributed by atoms with E-state index in [0.29, 0.717) is 24.9 Å². The summed E-state index contributed by atoms with van der Waals surface area (Å²) in [5.74, 6) is 0.307. The molecule has 25 heavy (non-hydrogen) atoms. The molecule has 0 atom stereocenters. The van der Waals surface area contributed by atoms with Crippen molar-refractivity contribution in [1.29, 1.82) is 0 Å². The second kappa shape index (κ2) is 7.72. The first-order valence-electron chi connectivity index (χ1n) is 8.94. The molecule has 0 saturated heterocycles.